The van der Waals surface area contributed by atoms with E-state index in [1.165, 1.54) is 0 Å². The van der Waals surface area contributed by atoms with E-state index in [0.717, 1.165) is 41.5 Å². The lowest BCUT2D eigenvalue weighted by atomic mass is 10.0. The first kappa shape index (κ1) is 32.1. The number of hydrogen-bond acceptors (Lipinski definition) is 6. The van der Waals surface area contributed by atoms with E-state index in [1.54, 1.807) is 6.20 Å². The van der Waals surface area contributed by atoms with Crippen LogP contribution in [0.4, 0.5) is 4.79 Å². The molecule has 0 atom stereocenters. The maximum atomic E-state index is 12.3. The van der Waals surface area contributed by atoms with E-state index in [4.69, 9.17) is 14.2 Å². The molecule has 0 aliphatic rings. The van der Waals surface area contributed by atoms with Gasteiger partial charge in [-0.1, -0.05) is 72.8 Å². The second-order valence-corrected chi connectivity index (χ2v) is 11.3. The van der Waals surface area contributed by atoms with Crippen LogP contribution in [0, 0.1) is 0 Å². The van der Waals surface area contributed by atoms with Crippen molar-refractivity contribution in [2.75, 3.05) is 19.7 Å². The van der Waals surface area contributed by atoms with Crippen LogP contribution >= 0.6 is 0 Å². The van der Waals surface area contributed by atoms with Crippen molar-refractivity contribution < 1.29 is 23.8 Å². The predicted molar refractivity (Wildman–Crippen MR) is 172 cm³/mol. The Morgan fingerprint density at radius 3 is 1.98 bits per heavy atom. The number of benzene rings is 3. The lowest BCUT2D eigenvalue weighted by molar-refractivity contribution is -0.123. The Bertz CT molecular complexity index is 1420. The molecule has 1 heterocycles. The molecule has 0 saturated heterocycles. The summed E-state index contributed by atoms with van der Waals surface area (Å²) >= 11 is 0. The van der Waals surface area contributed by atoms with E-state index in [-0.39, 0.29) is 18.6 Å². The molecule has 2 amide bonds. The van der Waals surface area contributed by atoms with Gasteiger partial charge >= 0.3 is 6.09 Å². The Labute approximate surface area is 259 Å². The highest BCUT2D eigenvalue weighted by atomic mass is 16.6. The van der Waals surface area contributed by atoms with Gasteiger partial charge in [0.1, 0.15) is 11.4 Å². The smallest absolute Gasteiger partial charge is 0.407 e. The maximum absolute atomic E-state index is 12.3. The van der Waals surface area contributed by atoms with Crippen molar-refractivity contribution in [3.05, 3.63) is 114 Å². The fourth-order valence-electron chi connectivity index (χ4n) is 4.49. The van der Waals surface area contributed by atoms with Crippen LogP contribution < -0.4 is 20.1 Å². The van der Waals surface area contributed by atoms with Crippen molar-refractivity contribution in [1.82, 2.24) is 15.6 Å². The molecule has 0 aliphatic heterocycles. The minimum Gasteiger partial charge on any atom is -0.484 e. The molecule has 8 heteroatoms. The van der Waals surface area contributed by atoms with Gasteiger partial charge in [-0.05, 0) is 81.0 Å². The number of carbonyl (C=O) groups excluding carboxylic acids is 2. The van der Waals surface area contributed by atoms with Gasteiger partial charge in [0.15, 0.2) is 12.7 Å². The molecule has 44 heavy (non-hydrogen) atoms. The van der Waals surface area contributed by atoms with Crippen LogP contribution in [0.2, 0.25) is 0 Å². The molecule has 2 N–H and O–H groups in total. The minimum absolute atomic E-state index is 0.0728. The minimum atomic E-state index is -0.508. The molecule has 4 aromatic rings. The Morgan fingerprint density at radius 2 is 1.36 bits per heavy atom. The van der Waals surface area contributed by atoms with Gasteiger partial charge in [0.2, 0.25) is 5.88 Å². The number of unbranched alkanes of at least 4 members (excludes halogenated alkanes) is 2. The third-order valence-electron chi connectivity index (χ3n) is 6.58. The second kappa shape index (κ2) is 16.1. The molecular weight excluding hydrogens is 554 g/mol. The van der Waals surface area contributed by atoms with Gasteiger partial charge in [-0.25, -0.2) is 9.78 Å². The van der Waals surface area contributed by atoms with Gasteiger partial charge in [0.05, 0.1) is 0 Å². The highest BCUT2D eigenvalue weighted by Crippen LogP contribution is 2.34. The van der Waals surface area contributed by atoms with Gasteiger partial charge in [0.25, 0.3) is 5.91 Å². The molecule has 230 valence electrons. The lowest BCUT2D eigenvalue weighted by Crippen LogP contribution is -2.33. The van der Waals surface area contributed by atoms with Crippen molar-refractivity contribution in [3.63, 3.8) is 0 Å². The van der Waals surface area contributed by atoms with Crippen molar-refractivity contribution >= 4 is 12.0 Å². The molecule has 0 unspecified atom stereocenters. The number of nitrogens with one attached hydrogen (secondary N) is 2. The third-order valence-corrected chi connectivity index (χ3v) is 6.58. The van der Waals surface area contributed by atoms with Crippen LogP contribution in [0.5, 0.6) is 11.6 Å². The van der Waals surface area contributed by atoms with Gasteiger partial charge in [-0.2, -0.15) is 0 Å². The van der Waals surface area contributed by atoms with Crippen LogP contribution in [0.1, 0.15) is 57.3 Å². The standard InChI is InChI=1S/C36H41N3O5/c1-36(2,3)44-35(41)39-24-12-6-11-23-37-32(40)26-42-30-21-19-27(20-22-30)31-18-13-25-38-34(31)43-33(28-14-7-4-8-15-28)29-16-9-5-10-17-29/h4-5,7-10,13-22,25,33H,6,11-12,23-24,26H2,1-3H3,(H,37,40)(H,39,41). The predicted octanol–water partition coefficient (Wildman–Crippen LogP) is 7.11. The molecule has 1 aromatic heterocycles. The first-order valence-corrected chi connectivity index (χ1v) is 15.0. The number of carbonyl (C=O) groups is 2. The third kappa shape index (κ3) is 10.5. The van der Waals surface area contributed by atoms with Crippen molar-refractivity contribution in [2.24, 2.45) is 0 Å². The molecule has 4 rings (SSSR count). The summed E-state index contributed by atoms with van der Waals surface area (Å²) in [4.78, 5) is 28.5. The molecule has 0 saturated carbocycles. The Kier molecular flexibility index (Phi) is 11.8. The van der Waals surface area contributed by atoms with E-state index in [9.17, 15) is 9.59 Å². The van der Waals surface area contributed by atoms with Crippen LogP contribution in [0.25, 0.3) is 11.1 Å². The van der Waals surface area contributed by atoms with Crippen molar-refractivity contribution in [3.8, 4) is 22.8 Å². The molecular formula is C36H41N3O5. The van der Waals surface area contributed by atoms with Gasteiger partial charge in [-0.3, -0.25) is 4.79 Å². The van der Waals surface area contributed by atoms with E-state index < -0.39 is 11.7 Å². The molecule has 8 nitrogen and oxygen atoms in total. The average molecular weight is 596 g/mol. The second-order valence-electron chi connectivity index (χ2n) is 11.3. The molecule has 0 bridgehead atoms. The van der Waals surface area contributed by atoms with E-state index >= 15 is 0 Å². The Balaban J connectivity index is 1.25. The quantitative estimate of drug-likeness (QED) is 0.151. The number of nitrogens with zero attached hydrogens (tertiary/aromatic N) is 1. The number of hydrogen-bond donors (Lipinski definition) is 2. The molecule has 0 radical (unpaired) electrons. The van der Waals surface area contributed by atoms with E-state index in [2.05, 4.69) is 39.9 Å². The zero-order valence-electron chi connectivity index (χ0n) is 25.6. The summed E-state index contributed by atoms with van der Waals surface area (Å²) in [5.41, 5.74) is 3.34. The Hall–Kier alpha value is -4.85. The summed E-state index contributed by atoms with van der Waals surface area (Å²) in [5, 5.41) is 5.61. The summed E-state index contributed by atoms with van der Waals surface area (Å²) in [6.07, 6.45) is 3.48. The summed E-state index contributed by atoms with van der Waals surface area (Å²) in [7, 11) is 0. The topological polar surface area (TPSA) is 98.8 Å². The first-order valence-electron chi connectivity index (χ1n) is 15.0. The maximum Gasteiger partial charge on any atom is 0.407 e. The highest BCUT2D eigenvalue weighted by molar-refractivity contribution is 5.77. The van der Waals surface area contributed by atoms with Gasteiger partial charge in [0, 0.05) is 24.8 Å². The number of aromatic nitrogens is 1. The largest absolute Gasteiger partial charge is 0.484 e. The zero-order valence-corrected chi connectivity index (χ0v) is 25.6. The number of amides is 2. The number of rotatable bonds is 14. The summed E-state index contributed by atoms with van der Waals surface area (Å²) in [6.45, 7) is 6.50. The highest BCUT2D eigenvalue weighted by Gasteiger charge is 2.19. The van der Waals surface area contributed by atoms with Crippen LogP contribution in [0.3, 0.4) is 0 Å². The number of pyridine rings is 1. The average Bonchev–Trinajstić information content (AvgIpc) is 3.02. The zero-order chi connectivity index (χ0) is 31.2. The van der Waals surface area contributed by atoms with Gasteiger partial charge in [-0.15, -0.1) is 0 Å². The summed E-state index contributed by atoms with van der Waals surface area (Å²) in [5.74, 6) is 0.936. The van der Waals surface area contributed by atoms with Crippen molar-refractivity contribution in [2.45, 2.75) is 51.7 Å². The number of ether oxygens (including phenoxy) is 3. The fraction of sp³-hybridized carbons (Fsp3) is 0.306. The Morgan fingerprint density at radius 1 is 0.750 bits per heavy atom. The van der Waals surface area contributed by atoms with Crippen LogP contribution in [-0.4, -0.2) is 42.3 Å². The lowest BCUT2D eigenvalue weighted by Gasteiger charge is -2.21. The van der Waals surface area contributed by atoms with E-state index in [0.29, 0.717) is 24.7 Å². The molecule has 0 spiro atoms. The fourth-order valence-corrected chi connectivity index (χ4v) is 4.49. The number of alkyl carbamates (subject to hydrolysis) is 1. The monoisotopic (exact) mass is 595 g/mol. The van der Waals surface area contributed by atoms with Crippen LogP contribution in [-0.2, 0) is 9.53 Å². The van der Waals surface area contributed by atoms with Crippen LogP contribution in [0.15, 0.2) is 103 Å². The summed E-state index contributed by atoms with van der Waals surface area (Å²) < 4.78 is 17.5. The molecule has 0 fully saturated rings. The van der Waals surface area contributed by atoms with Gasteiger partial charge < -0.3 is 24.8 Å². The molecule has 0 aliphatic carbocycles. The summed E-state index contributed by atoms with van der Waals surface area (Å²) in [6, 6.07) is 31.6. The normalized spacial score (nSPS) is 11.1. The van der Waals surface area contributed by atoms with E-state index in [1.807, 2.05) is 93.6 Å². The molecule has 3 aromatic carbocycles. The first-order chi connectivity index (χ1) is 21.3. The van der Waals surface area contributed by atoms with Crippen molar-refractivity contribution in [1.29, 1.82) is 0 Å². The SMILES string of the molecule is CC(C)(C)OC(=O)NCCCCCNC(=O)COc1ccc(-c2cccnc2OC(c2ccccc2)c2ccccc2)cc1.